The van der Waals surface area contributed by atoms with Crippen LogP contribution >= 0.6 is 0 Å². The highest BCUT2D eigenvalue weighted by Crippen LogP contribution is 2.41. The number of aryl methyl sites for hydroxylation is 2. The van der Waals surface area contributed by atoms with Gasteiger partial charge in [0, 0.05) is 0 Å². The van der Waals surface area contributed by atoms with Crippen LogP contribution in [-0.2, 0) is 6.42 Å². The van der Waals surface area contributed by atoms with Gasteiger partial charge in [0.05, 0.1) is 0 Å². The van der Waals surface area contributed by atoms with Crippen LogP contribution in [-0.4, -0.2) is 0 Å². The fraction of sp³-hybridized carbons (Fsp3) is 0.294. The quantitative estimate of drug-likeness (QED) is 0.525. The molecule has 1 aliphatic rings. The number of hydrogen-bond donors (Lipinski definition) is 0. The monoisotopic (exact) mass is 222 g/mol. The molecule has 86 valence electrons. The van der Waals surface area contributed by atoms with E-state index in [0.29, 0.717) is 0 Å². The molecule has 0 atom stereocenters. The third-order valence-electron chi connectivity index (χ3n) is 4.15. The molecular weight excluding hydrogens is 204 g/mol. The average Bonchev–Trinajstić information content (AvgIpc) is 2.63. The molecule has 0 aliphatic heterocycles. The predicted molar refractivity (Wildman–Crippen MR) is 73.6 cm³/mol. The molecule has 1 aliphatic carbocycles. The molecule has 0 unspecified atom stereocenters. The van der Waals surface area contributed by atoms with Gasteiger partial charge >= 0.3 is 0 Å². The van der Waals surface area contributed by atoms with E-state index in [1.54, 1.807) is 0 Å². The fourth-order valence-corrected chi connectivity index (χ4v) is 3.00. The Bertz CT molecular complexity index is 618. The van der Waals surface area contributed by atoms with Crippen LogP contribution in [0.3, 0.4) is 0 Å². The van der Waals surface area contributed by atoms with Crippen LogP contribution in [0.15, 0.2) is 24.3 Å². The summed E-state index contributed by atoms with van der Waals surface area (Å²) >= 11 is 0. The summed E-state index contributed by atoms with van der Waals surface area (Å²) in [4.78, 5) is 0. The first-order valence-electron chi connectivity index (χ1n) is 6.27. The van der Waals surface area contributed by atoms with E-state index < -0.39 is 0 Å². The Labute approximate surface area is 103 Å². The third kappa shape index (κ3) is 1.44. The molecule has 0 aromatic heterocycles. The van der Waals surface area contributed by atoms with Crippen LogP contribution < -0.4 is 0 Å². The summed E-state index contributed by atoms with van der Waals surface area (Å²) in [6.45, 7) is 8.89. The summed E-state index contributed by atoms with van der Waals surface area (Å²) in [5.41, 5.74) is 11.6. The number of rotatable bonds is 0. The zero-order valence-electron chi connectivity index (χ0n) is 11.0. The van der Waals surface area contributed by atoms with Gasteiger partial charge in [-0.15, -0.1) is 0 Å². The molecule has 0 bridgehead atoms. The van der Waals surface area contributed by atoms with Crippen molar-refractivity contribution in [1.82, 2.24) is 0 Å². The summed E-state index contributed by atoms with van der Waals surface area (Å²) in [5, 5.41) is 0. The van der Waals surface area contributed by atoms with E-state index in [-0.39, 0.29) is 0 Å². The Balaban J connectivity index is 2.32. The van der Waals surface area contributed by atoms with Gasteiger partial charge in [-0.2, -0.15) is 0 Å². The van der Waals surface area contributed by atoms with Gasteiger partial charge in [-0.1, -0.05) is 29.8 Å². The molecule has 0 heterocycles. The van der Waals surface area contributed by atoms with Gasteiger partial charge in [0.25, 0.3) is 0 Å². The molecular formula is C17H18. The standard InChI is InChI=1S/C17H18/c1-10-5-6-16-14(7-10)9-15-8-11(2)12(3)13(4)17(15)16/h5-8H,9H2,1-4H3. The van der Waals surface area contributed by atoms with Crippen molar-refractivity contribution in [3.05, 3.63) is 57.6 Å². The zero-order chi connectivity index (χ0) is 12.2. The second-order valence-electron chi connectivity index (χ2n) is 5.31. The highest BCUT2D eigenvalue weighted by molar-refractivity contribution is 5.81. The minimum absolute atomic E-state index is 1.11. The van der Waals surface area contributed by atoms with Gasteiger partial charge in [0.2, 0.25) is 0 Å². The Morgan fingerprint density at radius 3 is 2.35 bits per heavy atom. The van der Waals surface area contributed by atoms with Gasteiger partial charge in [-0.3, -0.25) is 0 Å². The van der Waals surface area contributed by atoms with Crippen molar-refractivity contribution < 1.29 is 0 Å². The number of benzene rings is 2. The van der Waals surface area contributed by atoms with E-state index in [9.17, 15) is 0 Å². The Kier molecular flexibility index (Phi) is 2.16. The van der Waals surface area contributed by atoms with Gasteiger partial charge in [0.1, 0.15) is 0 Å². The van der Waals surface area contributed by atoms with Crippen LogP contribution in [0.25, 0.3) is 11.1 Å². The van der Waals surface area contributed by atoms with Crippen LogP contribution in [0.4, 0.5) is 0 Å². The molecule has 2 aromatic rings. The maximum Gasteiger partial charge on any atom is -0.00132 e. The number of hydrogen-bond acceptors (Lipinski definition) is 0. The summed E-state index contributed by atoms with van der Waals surface area (Å²) in [6, 6.07) is 9.22. The lowest BCUT2D eigenvalue weighted by atomic mass is 9.93. The van der Waals surface area contributed by atoms with Crippen molar-refractivity contribution in [3.63, 3.8) is 0 Å². The lowest BCUT2D eigenvalue weighted by Gasteiger charge is -2.12. The molecule has 0 nitrogen and oxygen atoms in total. The van der Waals surface area contributed by atoms with Crippen LogP contribution in [0.2, 0.25) is 0 Å². The van der Waals surface area contributed by atoms with Crippen LogP contribution in [0, 0.1) is 27.7 Å². The number of fused-ring (bicyclic) bond motifs is 3. The predicted octanol–water partition coefficient (Wildman–Crippen LogP) is 4.49. The lowest BCUT2D eigenvalue weighted by Crippen LogP contribution is -1.92. The smallest absolute Gasteiger partial charge is 0.00132 e. The Hall–Kier alpha value is -1.56. The van der Waals surface area contributed by atoms with Gasteiger partial charge in [0.15, 0.2) is 0 Å². The molecule has 3 rings (SSSR count). The van der Waals surface area contributed by atoms with Crippen molar-refractivity contribution in [3.8, 4) is 11.1 Å². The highest BCUT2D eigenvalue weighted by atomic mass is 14.3. The molecule has 0 N–H and O–H groups in total. The Morgan fingerprint density at radius 1 is 0.824 bits per heavy atom. The van der Waals surface area contributed by atoms with E-state index in [4.69, 9.17) is 0 Å². The first-order chi connectivity index (χ1) is 8.08. The molecule has 0 amide bonds. The van der Waals surface area contributed by atoms with Crippen LogP contribution in [0.1, 0.15) is 33.4 Å². The molecule has 0 heteroatoms. The molecule has 0 spiro atoms. The maximum absolute atomic E-state index is 2.37. The minimum atomic E-state index is 1.11. The SMILES string of the molecule is Cc1ccc2c(c1)Cc1cc(C)c(C)c(C)c1-2. The molecule has 0 saturated heterocycles. The first-order valence-corrected chi connectivity index (χ1v) is 6.27. The van der Waals surface area contributed by atoms with E-state index in [2.05, 4.69) is 52.0 Å². The molecule has 2 aromatic carbocycles. The largest absolute Gasteiger partial charge is 0.0587 e. The summed E-state index contributed by atoms with van der Waals surface area (Å²) in [5.74, 6) is 0. The van der Waals surface area contributed by atoms with Crippen molar-refractivity contribution in [1.29, 1.82) is 0 Å². The molecule has 0 radical (unpaired) electrons. The minimum Gasteiger partial charge on any atom is -0.0587 e. The molecule has 0 fully saturated rings. The van der Waals surface area contributed by atoms with Gasteiger partial charge in [-0.25, -0.2) is 0 Å². The maximum atomic E-state index is 2.37. The van der Waals surface area contributed by atoms with Crippen molar-refractivity contribution in [2.24, 2.45) is 0 Å². The van der Waals surface area contributed by atoms with E-state index in [1.807, 2.05) is 0 Å². The molecule has 0 saturated carbocycles. The third-order valence-corrected chi connectivity index (χ3v) is 4.15. The average molecular weight is 222 g/mol. The van der Waals surface area contributed by atoms with Crippen molar-refractivity contribution in [2.75, 3.05) is 0 Å². The second kappa shape index (κ2) is 3.46. The summed E-state index contributed by atoms with van der Waals surface area (Å²) in [7, 11) is 0. The van der Waals surface area contributed by atoms with E-state index >= 15 is 0 Å². The first kappa shape index (κ1) is 10.6. The molecule has 17 heavy (non-hydrogen) atoms. The van der Waals surface area contributed by atoms with E-state index in [0.717, 1.165) is 6.42 Å². The zero-order valence-corrected chi connectivity index (χ0v) is 11.0. The second-order valence-corrected chi connectivity index (χ2v) is 5.31. The van der Waals surface area contributed by atoms with Crippen LogP contribution in [0.5, 0.6) is 0 Å². The van der Waals surface area contributed by atoms with Gasteiger partial charge < -0.3 is 0 Å². The topological polar surface area (TPSA) is 0 Å². The normalized spacial score (nSPS) is 12.5. The fourth-order valence-electron chi connectivity index (χ4n) is 3.00. The van der Waals surface area contributed by atoms with Gasteiger partial charge in [-0.05, 0) is 73.1 Å². The van der Waals surface area contributed by atoms with Crippen molar-refractivity contribution in [2.45, 2.75) is 34.1 Å². The van der Waals surface area contributed by atoms with E-state index in [1.165, 1.54) is 44.5 Å². The van der Waals surface area contributed by atoms with Crippen molar-refractivity contribution >= 4 is 0 Å². The lowest BCUT2D eigenvalue weighted by molar-refractivity contribution is 1.20. The Morgan fingerprint density at radius 2 is 1.59 bits per heavy atom. The highest BCUT2D eigenvalue weighted by Gasteiger charge is 2.21. The summed E-state index contributed by atoms with van der Waals surface area (Å²) < 4.78 is 0. The summed E-state index contributed by atoms with van der Waals surface area (Å²) in [6.07, 6.45) is 1.11.